The summed E-state index contributed by atoms with van der Waals surface area (Å²) in [6.45, 7) is 4.63. The third-order valence-corrected chi connectivity index (χ3v) is 5.30. The summed E-state index contributed by atoms with van der Waals surface area (Å²) >= 11 is 0. The normalized spacial score (nSPS) is 31.1. The average Bonchev–Trinajstić information content (AvgIpc) is 3.31. The van der Waals surface area contributed by atoms with Gasteiger partial charge in [-0.15, -0.1) is 0 Å². The summed E-state index contributed by atoms with van der Waals surface area (Å²) in [5.74, 6) is -0.558. The molecular weight excluding hydrogens is 268 g/mol. The third kappa shape index (κ3) is 3.57. The first-order chi connectivity index (χ1) is 10.1. The number of carboxylic acid groups (broad SMARTS) is 1. The van der Waals surface area contributed by atoms with Gasteiger partial charge in [-0.3, -0.25) is 14.5 Å². The summed E-state index contributed by atoms with van der Waals surface area (Å²) in [4.78, 5) is 28.4. The smallest absolute Gasteiger partial charge is 0.307 e. The van der Waals surface area contributed by atoms with Crippen molar-refractivity contribution >= 4 is 11.9 Å². The van der Waals surface area contributed by atoms with E-state index in [2.05, 4.69) is 4.90 Å². The van der Waals surface area contributed by atoms with E-state index in [1.807, 2.05) is 4.90 Å². The van der Waals surface area contributed by atoms with Crippen LogP contribution in [-0.2, 0) is 9.59 Å². The van der Waals surface area contributed by atoms with E-state index in [9.17, 15) is 14.7 Å². The zero-order valence-electron chi connectivity index (χ0n) is 12.7. The standard InChI is InChI=1S/C16H26N2O3/c19-15(13-3-1-2-4-14(13)16(20)21)18-9-7-17(8-10-18)11-12-5-6-12/h12-14H,1-11H2,(H,20,21)/t13-,14+/m1/s1. The minimum absolute atomic E-state index is 0.0909. The number of rotatable bonds is 4. The van der Waals surface area contributed by atoms with Gasteiger partial charge in [0.2, 0.25) is 5.91 Å². The van der Waals surface area contributed by atoms with Crippen molar-refractivity contribution in [2.45, 2.75) is 38.5 Å². The fraction of sp³-hybridized carbons (Fsp3) is 0.875. The van der Waals surface area contributed by atoms with Crippen LogP contribution < -0.4 is 0 Å². The van der Waals surface area contributed by atoms with Gasteiger partial charge in [-0.2, -0.15) is 0 Å². The molecule has 3 fully saturated rings. The molecule has 2 atom stereocenters. The maximum absolute atomic E-state index is 12.7. The first-order valence-electron chi connectivity index (χ1n) is 8.39. The highest BCUT2D eigenvalue weighted by molar-refractivity contribution is 5.85. The summed E-state index contributed by atoms with van der Waals surface area (Å²) in [7, 11) is 0. The Morgan fingerprint density at radius 2 is 1.52 bits per heavy atom. The Morgan fingerprint density at radius 1 is 0.905 bits per heavy atom. The molecule has 0 radical (unpaired) electrons. The predicted molar refractivity (Wildman–Crippen MR) is 78.8 cm³/mol. The second-order valence-corrected chi connectivity index (χ2v) is 6.90. The SMILES string of the molecule is O=C(O)[C@H]1CCCC[C@H]1C(=O)N1CCN(CC2CC2)CC1. The van der Waals surface area contributed by atoms with Crippen LogP contribution in [0.25, 0.3) is 0 Å². The number of piperazine rings is 1. The van der Waals surface area contributed by atoms with E-state index in [0.29, 0.717) is 6.42 Å². The summed E-state index contributed by atoms with van der Waals surface area (Å²) < 4.78 is 0. The number of hydrogen-bond acceptors (Lipinski definition) is 3. The molecule has 3 rings (SSSR count). The highest BCUT2D eigenvalue weighted by Gasteiger charge is 2.38. The van der Waals surface area contributed by atoms with Crippen molar-refractivity contribution in [2.24, 2.45) is 17.8 Å². The first-order valence-corrected chi connectivity index (χ1v) is 8.39. The number of carbonyl (C=O) groups excluding carboxylic acids is 1. The van der Waals surface area contributed by atoms with Crippen LogP contribution in [0.2, 0.25) is 0 Å². The Labute approximate surface area is 126 Å². The minimum Gasteiger partial charge on any atom is -0.481 e. The molecule has 3 aliphatic rings. The molecule has 118 valence electrons. The van der Waals surface area contributed by atoms with E-state index in [-0.39, 0.29) is 11.8 Å². The van der Waals surface area contributed by atoms with E-state index in [0.717, 1.165) is 51.4 Å². The number of aliphatic carboxylic acids is 1. The first kappa shape index (κ1) is 14.8. The van der Waals surface area contributed by atoms with Gasteiger partial charge in [0.25, 0.3) is 0 Å². The van der Waals surface area contributed by atoms with Gasteiger partial charge in [0.1, 0.15) is 0 Å². The molecule has 0 spiro atoms. The molecule has 0 aromatic heterocycles. The van der Waals surface area contributed by atoms with E-state index >= 15 is 0 Å². The second kappa shape index (κ2) is 6.34. The lowest BCUT2D eigenvalue weighted by Crippen LogP contribution is -2.52. The monoisotopic (exact) mass is 294 g/mol. The van der Waals surface area contributed by atoms with E-state index < -0.39 is 11.9 Å². The molecule has 21 heavy (non-hydrogen) atoms. The Bertz CT molecular complexity index is 400. The molecule has 0 bridgehead atoms. The van der Waals surface area contributed by atoms with Crippen molar-refractivity contribution in [1.29, 1.82) is 0 Å². The Morgan fingerprint density at radius 3 is 2.10 bits per heavy atom. The minimum atomic E-state index is -0.791. The molecule has 5 heteroatoms. The lowest BCUT2D eigenvalue weighted by Gasteiger charge is -2.38. The van der Waals surface area contributed by atoms with Gasteiger partial charge < -0.3 is 10.0 Å². The lowest BCUT2D eigenvalue weighted by molar-refractivity contribution is -0.153. The molecule has 0 unspecified atom stereocenters. The van der Waals surface area contributed by atoms with Crippen molar-refractivity contribution in [3.63, 3.8) is 0 Å². The van der Waals surface area contributed by atoms with Crippen LogP contribution in [0.5, 0.6) is 0 Å². The molecule has 1 N–H and O–H groups in total. The van der Waals surface area contributed by atoms with Gasteiger partial charge in [-0.25, -0.2) is 0 Å². The van der Waals surface area contributed by atoms with E-state index in [4.69, 9.17) is 0 Å². The van der Waals surface area contributed by atoms with Crippen LogP contribution in [0.1, 0.15) is 38.5 Å². The van der Waals surface area contributed by atoms with E-state index in [1.54, 1.807) is 0 Å². The van der Waals surface area contributed by atoms with Gasteiger partial charge >= 0.3 is 5.97 Å². The maximum atomic E-state index is 12.7. The van der Waals surface area contributed by atoms with Crippen LogP contribution >= 0.6 is 0 Å². The van der Waals surface area contributed by atoms with Gasteiger partial charge in [0.15, 0.2) is 0 Å². The van der Waals surface area contributed by atoms with Crippen LogP contribution in [0.15, 0.2) is 0 Å². The highest BCUT2D eigenvalue weighted by atomic mass is 16.4. The van der Waals surface area contributed by atoms with Crippen LogP contribution in [-0.4, -0.2) is 59.5 Å². The topological polar surface area (TPSA) is 60.9 Å². The molecule has 2 saturated carbocycles. The van der Waals surface area contributed by atoms with Crippen molar-refractivity contribution in [3.05, 3.63) is 0 Å². The predicted octanol–water partition coefficient (Wildman–Crippen LogP) is 1.43. The zero-order valence-corrected chi connectivity index (χ0v) is 12.7. The van der Waals surface area contributed by atoms with Crippen molar-refractivity contribution in [1.82, 2.24) is 9.80 Å². The Kier molecular flexibility index (Phi) is 4.48. The molecule has 1 saturated heterocycles. The maximum Gasteiger partial charge on any atom is 0.307 e. The fourth-order valence-corrected chi connectivity index (χ4v) is 3.77. The Hall–Kier alpha value is -1.10. The van der Waals surface area contributed by atoms with Crippen LogP contribution in [0.4, 0.5) is 0 Å². The molecule has 1 amide bonds. The lowest BCUT2D eigenvalue weighted by atomic mass is 9.78. The van der Waals surface area contributed by atoms with Gasteiger partial charge in [0.05, 0.1) is 11.8 Å². The number of carbonyl (C=O) groups is 2. The van der Waals surface area contributed by atoms with Crippen LogP contribution in [0, 0.1) is 17.8 Å². The van der Waals surface area contributed by atoms with Gasteiger partial charge in [-0.1, -0.05) is 12.8 Å². The molecule has 0 aromatic carbocycles. The molecule has 0 aromatic rings. The van der Waals surface area contributed by atoms with Gasteiger partial charge in [0, 0.05) is 32.7 Å². The van der Waals surface area contributed by atoms with Crippen molar-refractivity contribution < 1.29 is 14.7 Å². The Balaban J connectivity index is 1.53. The second-order valence-electron chi connectivity index (χ2n) is 6.90. The summed E-state index contributed by atoms with van der Waals surface area (Å²) in [5, 5.41) is 9.33. The number of amides is 1. The van der Waals surface area contributed by atoms with Crippen molar-refractivity contribution in [2.75, 3.05) is 32.7 Å². The quantitative estimate of drug-likeness (QED) is 0.852. The number of nitrogens with zero attached hydrogens (tertiary/aromatic N) is 2. The molecule has 1 aliphatic heterocycles. The molecule has 5 nitrogen and oxygen atoms in total. The highest BCUT2D eigenvalue weighted by Crippen LogP contribution is 2.33. The largest absolute Gasteiger partial charge is 0.481 e. The van der Waals surface area contributed by atoms with Crippen LogP contribution in [0.3, 0.4) is 0 Å². The number of hydrogen-bond donors (Lipinski definition) is 1. The average molecular weight is 294 g/mol. The van der Waals surface area contributed by atoms with Gasteiger partial charge in [-0.05, 0) is 31.6 Å². The van der Waals surface area contributed by atoms with Crippen molar-refractivity contribution in [3.8, 4) is 0 Å². The molecular formula is C16H26N2O3. The fourth-order valence-electron chi connectivity index (χ4n) is 3.77. The summed E-state index contributed by atoms with van der Waals surface area (Å²) in [5.41, 5.74) is 0. The third-order valence-electron chi connectivity index (χ3n) is 5.30. The molecule has 2 aliphatic carbocycles. The summed E-state index contributed by atoms with van der Waals surface area (Å²) in [6, 6.07) is 0. The molecule has 1 heterocycles. The van der Waals surface area contributed by atoms with E-state index in [1.165, 1.54) is 19.4 Å². The summed E-state index contributed by atoms with van der Waals surface area (Å²) in [6.07, 6.45) is 6.06. The number of carboxylic acids is 1. The zero-order chi connectivity index (χ0) is 14.8.